The molecule has 0 aliphatic carbocycles. The van der Waals surface area contributed by atoms with Gasteiger partial charge in [0.25, 0.3) is 0 Å². The molecule has 0 aliphatic rings. The lowest BCUT2D eigenvalue weighted by Gasteiger charge is -2.18. The first-order valence-electron chi connectivity index (χ1n) is 12.3. The molecule has 0 aliphatic heterocycles. The van der Waals surface area contributed by atoms with E-state index in [0.717, 1.165) is 35.1 Å². The van der Waals surface area contributed by atoms with Crippen LogP contribution in [0.5, 0.6) is 0 Å². The minimum absolute atomic E-state index is 0.0534. The lowest BCUT2D eigenvalue weighted by atomic mass is 9.99. The number of nitrogens with two attached hydrogens (primary N) is 1. The van der Waals surface area contributed by atoms with Crippen LogP contribution >= 0.6 is 11.6 Å². The standard InChI is InChI=1S/C28H27ClF3N5O3/c1-3-16(2)25(33)26(38)34-19-6-11-24-17(14-19)12-13-36(24)20-7-4-18(5-8-20)35-27(39)37(40)21-9-10-23(29)22(15-21)28(30,31)32/h4-16,25,40H,3,33H2,1-2H3,(H,34,38)(H,35,39). The van der Waals surface area contributed by atoms with Gasteiger partial charge in [-0.2, -0.15) is 18.2 Å². The second-order valence-electron chi connectivity index (χ2n) is 9.31. The summed E-state index contributed by atoms with van der Waals surface area (Å²) in [6.07, 6.45) is -2.11. The number of nitrogens with zero attached hydrogens (tertiary/aromatic N) is 2. The largest absolute Gasteiger partial charge is 0.417 e. The maximum atomic E-state index is 13.1. The number of alkyl halides is 3. The van der Waals surface area contributed by atoms with Crippen molar-refractivity contribution < 1.29 is 28.0 Å². The van der Waals surface area contributed by atoms with Gasteiger partial charge in [0, 0.05) is 28.6 Å². The second-order valence-corrected chi connectivity index (χ2v) is 9.72. The Labute approximate surface area is 233 Å². The molecule has 1 aromatic heterocycles. The number of halogens is 4. The highest BCUT2D eigenvalue weighted by Gasteiger charge is 2.34. The van der Waals surface area contributed by atoms with E-state index in [4.69, 9.17) is 17.3 Å². The molecule has 5 N–H and O–H groups in total. The van der Waals surface area contributed by atoms with E-state index in [-0.39, 0.29) is 16.9 Å². The van der Waals surface area contributed by atoms with Crippen molar-refractivity contribution in [2.24, 2.45) is 11.7 Å². The number of nitrogens with one attached hydrogen (secondary N) is 2. The van der Waals surface area contributed by atoms with Crippen LogP contribution in [0.4, 0.5) is 35.0 Å². The van der Waals surface area contributed by atoms with Crippen molar-refractivity contribution in [2.75, 3.05) is 15.7 Å². The van der Waals surface area contributed by atoms with Crippen LogP contribution in [0.1, 0.15) is 25.8 Å². The van der Waals surface area contributed by atoms with E-state index in [1.54, 1.807) is 30.3 Å². The van der Waals surface area contributed by atoms with Gasteiger partial charge in [-0.15, -0.1) is 0 Å². The summed E-state index contributed by atoms with van der Waals surface area (Å²) in [6, 6.07) is 15.0. The van der Waals surface area contributed by atoms with E-state index >= 15 is 0 Å². The number of aromatic nitrogens is 1. The molecule has 2 unspecified atom stereocenters. The molecule has 0 spiro atoms. The van der Waals surface area contributed by atoms with Gasteiger partial charge in [0.1, 0.15) is 0 Å². The summed E-state index contributed by atoms with van der Waals surface area (Å²) >= 11 is 5.60. The fraction of sp³-hybridized carbons (Fsp3) is 0.214. The number of fused-ring (bicyclic) bond motifs is 1. The highest BCUT2D eigenvalue weighted by Crippen LogP contribution is 2.37. The SMILES string of the molecule is CCC(C)C(N)C(=O)Nc1ccc2c(ccn2-c2ccc(NC(=O)N(O)c3ccc(Cl)c(C(F)(F)F)c3)cc2)c1. The van der Waals surface area contributed by atoms with E-state index in [1.165, 1.54) is 0 Å². The number of urea groups is 1. The molecule has 0 fully saturated rings. The van der Waals surface area contributed by atoms with Crippen LogP contribution in [0.3, 0.4) is 0 Å². The first-order valence-corrected chi connectivity index (χ1v) is 12.7. The number of hydrogen-bond donors (Lipinski definition) is 4. The van der Waals surface area contributed by atoms with Gasteiger partial charge in [-0.05, 0) is 72.6 Å². The molecule has 3 amide bonds. The number of hydrogen-bond acceptors (Lipinski definition) is 4. The van der Waals surface area contributed by atoms with E-state index in [2.05, 4.69) is 10.6 Å². The lowest BCUT2D eigenvalue weighted by Crippen LogP contribution is -2.40. The van der Waals surface area contributed by atoms with Crippen LogP contribution in [0.2, 0.25) is 5.02 Å². The Morgan fingerprint density at radius 3 is 2.35 bits per heavy atom. The van der Waals surface area contributed by atoms with Crippen molar-refractivity contribution in [3.05, 3.63) is 83.5 Å². The summed E-state index contributed by atoms with van der Waals surface area (Å²) < 4.78 is 41.3. The molecule has 2 atom stereocenters. The van der Waals surface area contributed by atoms with Gasteiger partial charge in [0.2, 0.25) is 5.91 Å². The summed E-state index contributed by atoms with van der Waals surface area (Å²) in [6.45, 7) is 3.91. The zero-order valence-electron chi connectivity index (χ0n) is 21.5. The highest BCUT2D eigenvalue weighted by atomic mass is 35.5. The fourth-order valence-corrected chi connectivity index (χ4v) is 4.27. The number of carbonyl (C=O) groups excluding carboxylic acids is 2. The molecule has 12 heteroatoms. The van der Waals surface area contributed by atoms with Crippen molar-refractivity contribution in [2.45, 2.75) is 32.5 Å². The highest BCUT2D eigenvalue weighted by molar-refractivity contribution is 6.31. The van der Waals surface area contributed by atoms with Gasteiger partial charge >= 0.3 is 12.2 Å². The van der Waals surface area contributed by atoms with Crippen LogP contribution in [-0.2, 0) is 11.0 Å². The average molecular weight is 574 g/mol. The van der Waals surface area contributed by atoms with Crippen LogP contribution in [-0.4, -0.2) is 27.8 Å². The summed E-state index contributed by atoms with van der Waals surface area (Å²) in [4.78, 5) is 24.9. The van der Waals surface area contributed by atoms with E-state index in [0.29, 0.717) is 17.4 Å². The summed E-state index contributed by atoms with van der Waals surface area (Å²) in [5.74, 6) is -0.193. The van der Waals surface area contributed by atoms with Crippen molar-refractivity contribution >= 4 is 51.5 Å². The number of hydroxylamine groups is 1. The lowest BCUT2D eigenvalue weighted by molar-refractivity contribution is -0.137. The Balaban J connectivity index is 1.46. The molecule has 1 heterocycles. The van der Waals surface area contributed by atoms with Gasteiger partial charge in [-0.3, -0.25) is 10.0 Å². The molecule has 210 valence electrons. The maximum Gasteiger partial charge on any atom is 0.417 e. The Morgan fingerprint density at radius 1 is 1.02 bits per heavy atom. The van der Waals surface area contributed by atoms with Crippen LogP contribution < -0.4 is 21.4 Å². The molecule has 40 heavy (non-hydrogen) atoms. The zero-order chi connectivity index (χ0) is 29.2. The molecule has 3 aromatic carbocycles. The number of rotatable bonds is 7. The zero-order valence-corrected chi connectivity index (χ0v) is 22.3. The molecular weight excluding hydrogens is 547 g/mol. The van der Waals surface area contributed by atoms with Gasteiger partial charge in [-0.25, -0.2) is 4.79 Å². The van der Waals surface area contributed by atoms with E-state index in [1.807, 2.05) is 42.8 Å². The first-order chi connectivity index (χ1) is 18.9. The van der Waals surface area contributed by atoms with Gasteiger partial charge in [-0.1, -0.05) is 31.9 Å². The maximum absolute atomic E-state index is 13.1. The van der Waals surface area contributed by atoms with Crippen LogP contribution in [0.25, 0.3) is 16.6 Å². The predicted molar refractivity (Wildman–Crippen MR) is 149 cm³/mol. The molecule has 0 saturated carbocycles. The van der Waals surface area contributed by atoms with Gasteiger partial charge in [0.05, 0.1) is 27.8 Å². The third kappa shape index (κ3) is 6.22. The van der Waals surface area contributed by atoms with Crippen molar-refractivity contribution in [3.63, 3.8) is 0 Å². The smallest absolute Gasteiger partial charge is 0.325 e. The number of anilines is 3. The quantitative estimate of drug-likeness (QED) is 0.140. The minimum atomic E-state index is -4.75. The predicted octanol–water partition coefficient (Wildman–Crippen LogP) is 7.04. The molecular formula is C28H27ClF3N5O3. The van der Waals surface area contributed by atoms with E-state index < -0.39 is 34.5 Å². The molecule has 4 rings (SSSR count). The summed E-state index contributed by atoms with van der Waals surface area (Å²) in [5, 5.41) is 15.9. The van der Waals surface area contributed by atoms with Gasteiger partial charge < -0.3 is 20.9 Å². The Morgan fingerprint density at radius 2 is 1.70 bits per heavy atom. The van der Waals surface area contributed by atoms with Crippen LogP contribution in [0, 0.1) is 5.92 Å². The summed E-state index contributed by atoms with van der Waals surface area (Å²) in [7, 11) is 0. The molecule has 8 nitrogen and oxygen atoms in total. The molecule has 0 bridgehead atoms. The van der Waals surface area contributed by atoms with Gasteiger partial charge in [0.15, 0.2) is 0 Å². The monoisotopic (exact) mass is 573 g/mol. The Bertz CT molecular complexity index is 1540. The topological polar surface area (TPSA) is 113 Å². The van der Waals surface area contributed by atoms with E-state index in [9.17, 15) is 28.0 Å². The Kier molecular flexibility index (Phi) is 8.38. The fourth-order valence-electron chi connectivity index (χ4n) is 4.04. The van der Waals surface area contributed by atoms with Crippen molar-refractivity contribution in [1.82, 2.24) is 4.57 Å². The third-order valence-electron chi connectivity index (χ3n) is 6.61. The third-order valence-corrected chi connectivity index (χ3v) is 6.94. The van der Waals surface area contributed by atoms with Crippen molar-refractivity contribution in [3.8, 4) is 5.69 Å². The normalized spacial score (nSPS) is 13.1. The van der Waals surface area contributed by atoms with Crippen LogP contribution in [0.15, 0.2) is 72.9 Å². The average Bonchev–Trinajstić information content (AvgIpc) is 3.35. The minimum Gasteiger partial charge on any atom is -0.325 e. The van der Waals surface area contributed by atoms with Crippen molar-refractivity contribution in [1.29, 1.82) is 0 Å². The molecule has 0 saturated heterocycles. The second kappa shape index (κ2) is 11.6. The molecule has 4 aromatic rings. The number of carbonyl (C=O) groups is 2. The first kappa shape index (κ1) is 28.9. The summed E-state index contributed by atoms with van der Waals surface area (Å²) in [5.41, 5.74) is 7.01. The molecule has 0 radical (unpaired) electrons. The number of amides is 3. The Hall–Kier alpha value is -4.06. The number of benzene rings is 3.